The summed E-state index contributed by atoms with van der Waals surface area (Å²) in [6.07, 6.45) is 1.45. The SMILES string of the molecule is COCCOCCNC1CCOC1C. The normalized spacial score (nSPS) is 27.0. The van der Waals surface area contributed by atoms with Gasteiger partial charge in [-0.05, 0) is 13.3 Å². The summed E-state index contributed by atoms with van der Waals surface area (Å²) < 4.78 is 15.7. The van der Waals surface area contributed by atoms with Gasteiger partial charge in [0.15, 0.2) is 0 Å². The van der Waals surface area contributed by atoms with Gasteiger partial charge in [-0.3, -0.25) is 0 Å². The van der Waals surface area contributed by atoms with Gasteiger partial charge in [-0.1, -0.05) is 0 Å². The van der Waals surface area contributed by atoms with Gasteiger partial charge in [0.05, 0.1) is 25.9 Å². The highest BCUT2D eigenvalue weighted by atomic mass is 16.5. The maximum Gasteiger partial charge on any atom is 0.0700 e. The van der Waals surface area contributed by atoms with Crippen molar-refractivity contribution in [3.8, 4) is 0 Å². The molecule has 1 heterocycles. The minimum atomic E-state index is 0.342. The molecule has 4 heteroatoms. The summed E-state index contributed by atoms with van der Waals surface area (Å²) in [5, 5.41) is 3.42. The zero-order valence-corrected chi connectivity index (χ0v) is 9.12. The Morgan fingerprint density at radius 2 is 2.21 bits per heavy atom. The van der Waals surface area contributed by atoms with Crippen molar-refractivity contribution < 1.29 is 14.2 Å². The molecule has 2 atom stereocenters. The molecule has 0 aliphatic carbocycles. The molecule has 0 aromatic heterocycles. The Bertz CT molecular complexity index is 143. The summed E-state index contributed by atoms with van der Waals surface area (Å²) in [4.78, 5) is 0. The van der Waals surface area contributed by atoms with E-state index in [-0.39, 0.29) is 0 Å². The molecule has 4 nitrogen and oxygen atoms in total. The zero-order valence-electron chi connectivity index (χ0n) is 9.12. The van der Waals surface area contributed by atoms with Crippen LogP contribution < -0.4 is 5.32 Å². The van der Waals surface area contributed by atoms with Crippen molar-refractivity contribution in [2.75, 3.05) is 40.1 Å². The lowest BCUT2D eigenvalue weighted by atomic mass is 10.1. The summed E-state index contributed by atoms with van der Waals surface area (Å²) >= 11 is 0. The average molecular weight is 203 g/mol. The van der Waals surface area contributed by atoms with Crippen molar-refractivity contribution in [2.24, 2.45) is 0 Å². The fraction of sp³-hybridized carbons (Fsp3) is 1.00. The van der Waals surface area contributed by atoms with Crippen LogP contribution in [0.15, 0.2) is 0 Å². The van der Waals surface area contributed by atoms with Gasteiger partial charge in [-0.25, -0.2) is 0 Å². The second-order valence-corrected chi connectivity index (χ2v) is 3.53. The van der Waals surface area contributed by atoms with Crippen LogP contribution in [0.2, 0.25) is 0 Å². The van der Waals surface area contributed by atoms with Crippen LogP contribution in [-0.2, 0) is 14.2 Å². The fourth-order valence-corrected chi connectivity index (χ4v) is 1.56. The van der Waals surface area contributed by atoms with Crippen LogP contribution in [0, 0.1) is 0 Å². The molecule has 2 unspecified atom stereocenters. The van der Waals surface area contributed by atoms with Crippen molar-refractivity contribution in [1.82, 2.24) is 5.32 Å². The summed E-state index contributed by atoms with van der Waals surface area (Å²) in [7, 11) is 1.68. The van der Waals surface area contributed by atoms with Gasteiger partial charge in [0.1, 0.15) is 0 Å². The van der Waals surface area contributed by atoms with E-state index in [9.17, 15) is 0 Å². The minimum absolute atomic E-state index is 0.342. The second kappa shape index (κ2) is 7.17. The molecule has 1 N–H and O–H groups in total. The molecule has 0 saturated carbocycles. The van der Waals surface area contributed by atoms with Gasteiger partial charge in [-0.15, -0.1) is 0 Å². The Hall–Kier alpha value is -0.160. The molecule has 1 rings (SSSR count). The molecule has 1 aliphatic rings. The topological polar surface area (TPSA) is 39.7 Å². The van der Waals surface area contributed by atoms with Crippen molar-refractivity contribution in [3.63, 3.8) is 0 Å². The van der Waals surface area contributed by atoms with E-state index in [0.717, 1.165) is 26.2 Å². The van der Waals surface area contributed by atoms with Crippen LogP contribution in [-0.4, -0.2) is 52.2 Å². The van der Waals surface area contributed by atoms with Gasteiger partial charge in [0.25, 0.3) is 0 Å². The lowest BCUT2D eigenvalue weighted by Gasteiger charge is -2.15. The van der Waals surface area contributed by atoms with Crippen LogP contribution in [0.4, 0.5) is 0 Å². The molecule has 1 saturated heterocycles. The summed E-state index contributed by atoms with van der Waals surface area (Å²) in [5.74, 6) is 0. The molecule has 14 heavy (non-hydrogen) atoms. The summed E-state index contributed by atoms with van der Waals surface area (Å²) in [6, 6.07) is 0.501. The maximum atomic E-state index is 5.44. The Balaban J connectivity index is 1.88. The van der Waals surface area contributed by atoms with Crippen LogP contribution in [0.25, 0.3) is 0 Å². The largest absolute Gasteiger partial charge is 0.382 e. The van der Waals surface area contributed by atoms with E-state index >= 15 is 0 Å². The van der Waals surface area contributed by atoms with E-state index in [1.54, 1.807) is 7.11 Å². The van der Waals surface area contributed by atoms with Crippen molar-refractivity contribution >= 4 is 0 Å². The first kappa shape index (κ1) is 11.9. The number of methoxy groups -OCH3 is 1. The van der Waals surface area contributed by atoms with Gasteiger partial charge >= 0.3 is 0 Å². The Kier molecular flexibility index (Phi) is 6.10. The Morgan fingerprint density at radius 3 is 2.86 bits per heavy atom. The molecule has 1 fully saturated rings. The number of hydrogen-bond donors (Lipinski definition) is 1. The summed E-state index contributed by atoms with van der Waals surface area (Å²) in [5.41, 5.74) is 0. The highest BCUT2D eigenvalue weighted by molar-refractivity contribution is 4.78. The van der Waals surface area contributed by atoms with E-state index in [4.69, 9.17) is 14.2 Å². The van der Waals surface area contributed by atoms with Gasteiger partial charge in [0.2, 0.25) is 0 Å². The highest BCUT2D eigenvalue weighted by Gasteiger charge is 2.22. The molecule has 1 aliphatic heterocycles. The lowest BCUT2D eigenvalue weighted by molar-refractivity contribution is 0.0684. The fourth-order valence-electron chi connectivity index (χ4n) is 1.56. The molecule has 0 aromatic rings. The number of ether oxygens (including phenoxy) is 3. The van der Waals surface area contributed by atoms with Crippen LogP contribution >= 0.6 is 0 Å². The van der Waals surface area contributed by atoms with E-state index in [1.165, 1.54) is 0 Å². The third kappa shape index (κ3) is 4.37. The van der Waals surface area contributed by atoms with Gasteiger partial charge < -0.3 is 19.5 Å². The van der Waals surface area contributed by atoms with Gasteiger partial charge in [-0.2, -0.15) is 0 Å². The number of hydrogen-bond acceptors (Lipinski definition) is 4. The maximum absolute atomic E-state index is 5.44. The quantitative estimate of drug-likeness (QED) is 0.609. The van der Waals surface area contributed by atoms with E-state index in [2.05, 4.69) is 12.2 Å². The molecule has 84 valence electrons. The highest BCUT2D eigenvalue weighted by Crippen LogP contribution is 2.11. The second-order valence-electron chi connectivity index (χ2n) is 3.53. The molecule has 0 spiro atoms. The third-order valence-electron chi connectivity index (χ3n) is 2.46. The Labute approximate surface area is 85.9 Å². The van der Waals surface area contributed by atoms with Gasteiger partial charge in [0, 0.05) is 26.3 Å². The zero-order chi connectivity index (χ0) is 10.2. The molecule has 0 amide bonds. The first-order valence-corrected chi connectivity index (χ1v) is 5.26. The standard InChI is InChI=1S/C10H21NO3/c1-9-10(3-5-14-9)11-4-6-13-8-7-12-2/h9-11H,3-8H2,1-2H3. The lowest BCUT2D eigenvalue weighted by Crippen LogP contribution is -2.36. The molecule has 0 radical (unpaired) electrons. The molecular formula is C10H21NO3. The predicted molar refractivity (Wildman–Crippen MR) is 54.5 cm³/mol. The Morgan fingerprint density at radius 1 is 1.36 bits per heavy atom. The molecular weight excluding hydrogens is 182 g/mol. The molecule has 0 bridgehead atoms. The summed E-state index contributed by atoms with van der Waals surface area (Å²) in [6.45, 7) is 5.96. The predicted octanol–water partition coefficient (Wildman–Crippen LogP) is 0.416. The number of rotatable bonds is 7. The van der Waals surface area contributed by atoms with Crippen LogP contribution in [0.5, 0.6) is 0 Å². The minimum Gasteiger partial charge on any atom is -0.382 e. The third-order valence-corrected chi connectivity index (χ3v) is 2.46. The van der Waals surface area contributed by atoms with E-state index in [1.807, 2.05) is 0 Å². The van der Waals surface area contributed by atoms with Crippen molar-refractivity contribution in [1.29, 1.82) is 0 Å². The van der Waals surface area contributed by atoms with Crippen molar-refractivity contribution in [3.05, 3.63) is 0 Å². The van der Waals surface area contributed by atoms with Crippen LogP contribution in [0.1, 0.15) is 13.3 Å². The van der Waals surface area contributed by atoms with Crippen LogP contribution in [0.3, 0.4) is 0 Å². The van der Waals surface area contributed by atoms with E-state index in [0.29, 0.717) is 25.4 Å². The smallest absolute Gasteiger partial charge is 0.0700 e. The first-order valence-electron chi connectivity index (χ1n) is 5.26. The van der Waals surface area contributed by atoms with E-state index < -0.39 is 0 Å². The monoisotopic (exact) mass is 203 g/mol. The first-order chi connectivity index (χ1) is 6.84. The number of nitrogens with one attached hydrogen (secondary N) is 1. The average Bonchev–Trinajstić information content (AvgIpc) is 2.58. The van der Waals surface area contributed by atoms with Crippen molar-refractivity contribution in [2.45, 2.75) is 25.5 Å². The molecule has 0 aromatic carbocycles.